The number of ether oxygens (including phenoxy) is 3. The van der Waals surface area contributed by atoms with Crippen LogP contribution in [-0.2, 0) is 30.9 Å². The van der Waals surface area contributed by atoms with Crippen LogP contribution < -0.4 is 4.74 Å². The summed E-state index contributed by atoms with van der Waals surface area (Å²) in [6.45, 7) is 1.40. The highest BCUT2D eigenvalue weighted by Gasteiger charge is 2.29. The fourth-order valence-electron chi connectivity index (χ4n) is 3.72. The zero-order valence-electron chi connectivity index (χ0n) is 19.4. The fourth-order valence-corrected chi connectivity index (χ4v) is 5.31. The van der Waals surface area contributed by atoms with Crippen LogP contribution in [0, 0.1) is 0 Å². The van der Waals surface area contributed by atoms with E-state index in [0.29, 0.717) is 18.8 Å². The van der Waals surface area contributed by atoms with Crippen LogP contribution >= 0.6 is 0 Å². The Hall–Kier alpha value is -3.46. The quantitative estimate of drug-likeness (QED) is 0.347. The van der Waals surface area contributed by atoms with Crippen LogP contribution in [0.4, 0.5) is 0 Å². The van der Waals surface area contributed by atoms with Crippen LogP contribution in [0.5, 0.6) is 5.75 Å². The van der Waals surface area contributed by atoms with E-state index in [0.717, 1.165) is 16.7 Å². The summed E-state index contributed by atoms with van der Waals surface area (Å²) in [5.41, 5.74) is 3.62. The Labute approximate surface area is 205 Å². The van der Waals surface area contributed by atoms with E-state index in [9.17, 15) is 13.2 Å². The molecular weight excluding hydrogens is 466 g/mol. The molecule has 3 aromatic rings. The molecule has 1 aliphatic rings. The number of carbonyl (C=O) groups is 1. The van der Waals surface area contributed by atoms with Crippen molar-refractivity contribution in [1.29, 1.82) is 0 Å². The van der Waals surface area contributed by atoms with Gasteiger partial charge >= 0.3 is 5.97 Å². The summed E-state index contributed by atoms with van der Waals surface area (Å²) >= 11 is 0. The van der Waals surface area contributed by atoms with Crippen molar-refractivity contribution in [2.24, 2.45) is 0 Å². The molecule has 0 saturated carbocycles. The van der Waals surface area contributed by atoms with Gasteiger partial charge in [0.15, 0.2) is 0 Å². The molecule has 7 nitrogen and oxygen atoms in total. The van der Waals surface area contributed by atoms with Gasteiger partial charge in [0.1, 0.15) is 17.3 Å². The van der Waals surface area contributed by atoms with Gasteiger partial charge in [-0.3, -0.25) is 0 Å². The monoisotopic (exact) mass is 493 g/mol. The maximum absolute atomic E-state index is 13.1. The van der Waals surface area contributed by atoms with Crippen LogP contribution in [0.1, 0.15) is 11.1 Å². The molecule has 182 valence electrons. The van der Waals surface area contributed by atoms with Gasteiger partial charge in [0.2, 0.25) is 10.0 Å². The third-order valence-electron chi connectivity index (χ3n) is 5.63. The molecule has 0 amide bonds. The number of sulfonamides is 1. The molecule has 1 fully saturated rings. The average molecular weight is 494 g/mol. The largest absolute Gasteiger partial charge is 0.495 e. The lowest BCUT2D eigenvalue weighted by molar-refractivity contribution is -0.138. The maximum atomic E-state index is 13.1. The van der Waals surface area contributed by atoms with Crippen molar-refractivity contribution in [2.75, 3.05) is 33.4 Å². The Balaban J connectivity index is 1.40. The molecule has 8 heteroatoms. The molecule has 0 spiro atoms. The van der Waals surface area contributed by atoms with Crippen molar-refractivity contribution in [3.63, 3.8) is 0 Å². The molecule has 0 N–H and O–H groups in total. The summed E-state index contributed by atoms with van der Waals surface area (Å²) in [7, 11) is -2.33. The molecule has 4 rings (SSSR count). The number of hydrogen-bond donors (Lipinski definition) is 0. The third kappa shape index (κ3) is 6.16. The van der Waals surface area contributed by atoms with Crippen LogP contribution in [0.2, 0.25) is 0 Å². The number of hydrogen-bond acceptors (Lipinski definition) is 6. The Morgan fingerprint density at radius 3 is 2.34 bits per heavy atom. The first-order valence-corrected chi connectivity index (χ1v) is 12.7. The van der Waals surface area contributed by atoms with E-state index < -0.39 is 16.0 Å². The number of rotatable bonds is 8. The number of nitrogens with zero attached hydrogens (tertiary/aromatic N) is 1. The van der Waals surface area contributed by atoms with Crippen LogP contribution in [0.15, 0.2) is 83.8 Å². The highest BCUT2D eigenvalue weighted by molar-refractivity contribution is 7.89. The first-order valence-electron chi connectivity index (χ1n) is 11.2. The highest BCUT2D eigenvalue weighted by atomic mass is 32.2. The molecule has 1 heterocycles. The normalized spacial score (nSPS) is 14.7. The molecular formula is C27H27NO6S. The second-order valence-corrected chi connectivity index (χ2v) is 9.84. The molecule has 35 heavy (non-hydrogen) atoms. The zero-order chi connectivity index (χ0) is 24.7. The van der Waals surface area contributed by atoms with Crippen LogP contribution in [-0.4, -0.2) is 52.1 Å². The van der Waals surface area contributed by atoms with Gasteiger partial charge in [-0.1, -0.05) is 60.7 Å². The fraction of sp³-hybridized carbons (Fsp3) is 0.222. The van der Waals surface area contributed by atoms with Gasteiger partial charge in [-0.25, -0.2) is 13.2 Å². The number of methoxy groups -OCH3 is 1. The molecule has 0 radical (unpaired) electrons. The summed E-state index contributed by atoms with van der Waals surface area (Å²) in [5, 5.41) is 0. The minimum absolute atomic E-state index is 0.0518. The molecule has 1 aliphatic heterocycles. The van der Waals surface area contributed by atoms with Gasteiger partial charge in [0.25, 0.3) is 0 Å². The van der Waals surface area contributed by atoms with E-state index in [1.54, 1.807) is 12.1 Å². The average Bonchev–Trinajstić information content (AvgIpc) is 2.92. The molecule has 0 bridgehead atoms. The molecule has 0 atom stereocenters. The van der Waals surface area contributed by atoms with Gasteiger partial charge in [0, 0.05) is 19.2 Å². The Bertz CT molecular complexity index is 1280. The Morgan fingerprint density at radius 2 is 1.66 bits per heavy atom. The highest BCUT2D eigenvalue weighted by Crippen LogP contribution is 2.29. The van der Waals surface area contributed by atoms with E-state index in [1.807, 2.05) is 54.6 Å². The Kier molecular flexibility index (Phi) is 7.97. The number of carbonyl (C=O) groups excluding carboxylic acids is 1. The first kappa shape index (κ1) is 24.7. The lowest BCUT2D eigenvalue weighted by Gasteiger charge is -2.26. The van der Waals surface area contributed by atoms with Gasteiger partial charge in [-0.05, 0) is 40.5 Å². The summed E-state index contributed by atoms with van der Waals surface area (Å²) in [6.07, 6.45) is 2.81. The number of esters is 1. The van der Waals surface area contributed by atoms with Crippen molar-refractivity contribution in [3.05, 3.63) is 90.0 Å². The van der Waals surface area contributed by atoms with Gasteiger partial charge in [0.05, 0.1) is 20.3 Å². The molecule has 0 unspecified atom stereocenters. The minimum Gasteiger partial charge on any atom is -0.495 e. The van der Waals surface area contributed by atoms with Crippen molar-refractivity contribution >= 4 is 22.1 Å². The van der Waals surface area contributed by atoms with Gasteiger partial charge < -0.3 is 14.2 Å². The lowest BCUT2D eigenvalue weighted by atomic mass is 10.0. The Morgan fingerprint density at radius 1 is 0.971 bits per heavy atom. The van der Waals surface area contributed by atoms with Crippen molar-refractivity contribution in [2.45, 2.75) is 11.5 Å². The summed E-state index contributed by atoms with van der Waals surface area (Å²) in [5.74, 6) is -0.277. The van der Waals surface area contributed by atoms with Crippen molar-refractivity contribution < 1.29 is 27.4 Å². The molecule has 1 saturated heterocycles. The van der Waals surface area contributed by atoms with Crippen molar-refractivity contribution in [3.8, 4) is 16.9 Å². The third-order valence-corrected chi connectivity index (χ3v) is 7.55. The van der Waals surface area contributed by atoms with Crippen LogP contribution in [0.3, 0.4) is 0 Å². The summed E-state index contributed by atoms with van der Waals surface area (Å²) in [6, 6.07) is 22.6. The standard InChI is InChI=1S/C27H27NO6S/c1-32-25-13-9-21(19-26(25)35(30,31)28-15-17-33-18-16-28)10-14-27(29)34-20-22-7-11-24(12-8-22)23-5-3-2-4-6-23/h2-14,19H,15-18,20H2,1H3/b14-10+. The minimum atomic E-state index is -3.76. The smallest absolute Gasteiger partial charge is 0.331 e. The summed E-state index contributed by atoms with van der Waals surface area (Å²) in [4.78, 5) is 12.3. The van der Waals surface area contributed by atoms with E-state index >= 15 is 0 Å². The summed E-state index contributed by atoms with van der Waals surface area (Å²) < 4.78 is 43.5. The first-order chi connectivity index (χ1) is 17.0. The maximum Gasteiger partial charge on any atom is 0.331 e. The predicted octanol–water partition coefficient (Wildman–Crippen LogP) is 4.14. The topological polar surface area (TPSA) is 82.1 Å². The second-order valence-electron chi connectivity index (χ2n) is 7.93. The van der Waals surface area contributed by atoms with Crippen molar-refractivity contribution in [1.82, 2.24) is 4.31 Å². The van der Waals surface area contributed by atoms with Gasteiger partial charge in [-0.2, -0.15) is 4.31 Å². The zero-order valence-corrected chi connectivity index (χ0v) is 20.2. The van der Waals surface area contributed by atoms with E-state index in [2.05, 4.69) is 0 Å². The molecule has 0 aromatic heterocycles. The second kappa shape index (κ2) is 11.3. The number of morpholine rings is 1. The molecule has 3 aromatic carbocycles. The van der Waals surface area contributed by atoms with Gasteiger partial charge in [-0.15, -0.1) is 0 Å². The van der Waals surface area contributed by atoms with E-state index in [4.69, 9.17) is 14.2 Å². The SMILES string of the molecule is COc1ccc(/C=C/C(=O)OCc2ccc(-c3ccccc3)cc2)cc1S(=O)(=O)N1CCOCC1. The number of benzene rings is 3. The predicted molar refractivity (Wildman–Crippen MR) is 133 cm³/mol. The molecule has 0 aliphatic carbocycles. The lowest BCUT2D eigenvalue weighted by Crippen LogP contribution is -2.40. The van der Waals surface area contributed by atoms with E-state index in [1.165, 1.54) is 29.6 Å². The van der Waals surface area contributed by atoms with E-state index in [-0.39, 0.29) is 30.3 Å². The van der Waals surface area contributed by atoms with Crippen LogP contribution in [0.25, 0.3) is 17.2 Å².